The number of hydrogen-bond donors (Lipinski definition) is 1. The van der Waals surface area contributed by atoms with Crippen molar-refractivity contribution in [3.8, 4) is 17.2 Å². The Morgan fingerprint density at radius 2 is 2.04 bits per heavy atom. The van der Waals surface area contributed by atoms with Gasteiger partial charge in [-0.1, -0.05) is 6.42 Å². The first-order valence-corrected chi connectivity index (χ1v) is 8.31. The largest absolute Gasteiger partial charge is 0.484 e. The molecular formula is C18H22O8. The Balaban J connectivity index is 2.30. The van der Waals surface area contributed by atoms with Gasteiger partial charge < -0.3 is 24.1 Å². The lowest BCUT2D eigenvalue weighted by Gasteiger charge is -2.17. The van der Waals surface area contributed by atoms with Crippen molar-refractivity contribution in [2.45, 2.75) is 39.0 Å². The van der Waals surface area contributed by atoms with Crippen LogP contribution in [0.25, 0.3) is 0 Å². The van der Waals surface area contributed by atoms with E-state index in [9.17, 15) is 14.4 Å². The number of ketones is 1. The first kappa shape index (κ1) is 19.7. The van der Waals surface area contributed by atoms with Crippen LogP contribution in [0.3, 0.4) is 0 Å². The first-order chi connectivity index (χ1) is 12.4. The quantitative estimate of drug-likeness (QED) is 0.291. The van der Waals surface area contributed by atoms with Crippen LogP contribution < -0.4 is 14.2 Å². The maximum atomic E-state index is 12.2. The van der Waals surface area contributed by atoms with E-state index in [1.54, 1.807) is 0 Å². The van der Waals surface area contributed by atoms with E-state index in [1.807, 2.05) is 0 Å². The molecule has 1 heterocycles. The minimum Gasteiger partial charge on any atom is -0.484 e. The lowest BCUT2D eigenvalue weighted by atomic mass is 9.99. The maximum Gasteiger partial charge on any atom is 0.308 e. The van der Waals surface area contributed by atoms with Gasteiger partial charge in [-0.15, -0.1) is 0 Å². The molecule has 8 nitrogen and oxygen atoms in total. The molecule has 0 saturated heterocycles. The molecule has 0 spiro atoms. The van der Waals surface area contributed by atoms with Crippen LogP contribution in [0.2, 0.25) is 0 Å². The summed E-state index contributed by atoms with van der Waals surface area (Å²) >= 11 is 0. The average molecular weight is 366 g/mol. The van der Waals surface area contributed by atoms with Crippen molar-refractivity contribution in [1.29, 1.82) is 0 Å². The van der Waals surface area contributed by atoms with Gasteiger partial charge in [0.25, 0.3) is 0 Å². The summed E-state index contributed by atoms with van der Waals surface area (Å²) in [7, 11) is 1.46. The Kier molecular flexibility index (Phi) is 6.97. The number of fused-ring (bicyclic) bond motifs is 1. The number of benzene rings is 1. The molecule has 2 rings (SSSR count). The fraction of sp³-hybridized carbons (Fsp3) is 0.500. The third-order valence-electron chi connectivity index (χ3n) is 3.84. The standard InChI is InChI=1S/C18H22O8/c1-11(19)26-14-8-15-17(13(20)9-24-15)18(25-10-23-2)12(14)6-4-3-5-7-16(21)22/h8H,3-7,9-10H2,1-2H3,(H,21,22). The Morgan fingerprint density at radius 3 is 2.69 bits per heavy atom. The summed E-state index contributed by atoms with van der Waals surface area (Å²) in [5.41, 5.74) is 0.892. The van der Waals surface area contributed by atoms with Gasteiger partial charge in [-0.2, -0.15) is 0 Å². The SMILES string of the molecule is COCOc1c(CCCCCC(=O)O)c(OC(C)=O)cc2c1C(=O)CO2. The predicted octanol–water partition coefficient (Wildman–Crippen LogP) is 2.36. The van der Waals surface area contributed by atoms with E-state index in [0.717, 1.165) is 0 Å². The molecule has 1 aliphatic heterocycles. The highest BCUT2D eigenvalue weighted by Gasteiger charge is 2.31. The van der Waals surface area contributed by atoms with Crippen molar-refractivity contribution in [3.05, 3.63) is 17.2 Å². The van der Waals surface area contributed by atoms with E-state index in [-0.39, 0.29) is 31.4 Å². The van der Waals surface area contributed by atoms with Crippen LogP contribution in [0.15, 0.2) is 6.07 Å². The van der Waals surface area contributed by atoms with Gasteiger partial charge in [0, 0.05) is 32.1 Å². The number of ether oxygens (including phenoxy) is 4. The summed E-state index contributed by atoms with van der Waals surface area (Å²) < 4.78 is 21.2. The number of esters is 1. The number of Topliss-reactive ketones (excluding diaryl/α,β-unsaturated/α-hetero) is 1. The molecule has 1 aromatic rings. The zero-order valence-corrected chi connectivity index (χ0v) is 14.8. The Morgan fingerprint density at radius 1 is 1.27 bits per heavy atom. The Labute approximate surface area is 151 Å². The minimum atomic E-state index is -0.838. The van der Waals surface area contributed by atoms with Crippen molar-refractivity contribution in [3.63, 3.8) is 0 Å². The molecule has 0 bridgehead atoms. The average Bonchev–Trinajstić information content (AvgIpc) is 2.93. The fourth-order valence-electron chi connectivity index (χ4n) is 2.76. The predicted molar refractivity (Wildman–Crippen MR) is 89.9 cm³/mol. The van der Waals surface area contributed by atoms with Crippen molar-refractivity contribution in [2.75, 3.05) is 20.5 Å². The lowest BCUT2D eigenvalue weighted by Crippen LogP contribution is -2.10. The van der Waals surface area contributed by atoms with Crippen LogP contribution in [0.5, 0.6) is 17.2 Å². The van der Waals surface area contributed by atoms with Crippen LogP contribution in [-0.2, 0) is 20.7 Å². The molecule has 1 aliphatic rings. The summed E-state index contributed by atoms with van der Waals surface area (Å²) in [6.45, 7) is 1.11. The molecule has 142 valence electrons. The van der Waals surface area contributed by atoms with Gasteiger partial charge in [0.15, 0.2) is 13.4 Å². The van der Waals surface area contributed by atoms with Crippen LogP contribution in [0.4, 0.5) is 0 Å². The van der Waals surface area contributed by atoms with E-state index in [1.165, 1.54) is 20.1 Å². The number of carbonyl (C=O) groups is 3. The molecule has 0 unspecified atom stereocenters. The Hall–Kier alpha value is -2.61. The number of carbonyl (C=O) groups excluding carboxylic acids is 2. The van der Waals surface area contributed by atoms with E-state index >= 15 is 0 Å². The van der Waals surface area contributed by atoms with Crippen molar-refractivity contribution < 1.29 is 38.4 Å². The van der Waals surface area contributed by atoms with E-state index in [2.05, 4.69) is 0 Å². The molecule has 26 heavy (non-hydrogen) atoms. The molecule has 1 aromatic carbocycles. The molecule has 0 radical (unpaired) electrons. The minimum absolute atomic E-state index is 0.0741. The molecule has 0 amide bonds. The highest BCUT2D eigenvalue weighted by atomic mass is 16.7. The van der Waals surface area contributed by atoms with Crippen LogP contribution in [0.1, 0.15) is 48.5 Å². The highest BCUT2D eigenvalue weighted by molar-refractivity contribution is 6.05. The molecular weight excluding hydrogens is 344 g/mol. The fourth-order valence-corrected chi connectivity index (χ4v) is 2.76. The number of aliphatic carboxylic acids is 1. The molecule has 0 saturated carbocycles. The van der Waals surface area contributed by atoms with E-state index < -0.39 is 11.9 Å². The summed E-state index contributed by atoms with van der Waals surface area (Å²) in [5, 5.41) is 8.71. The number of methoxy groups -OCH3 is 1. The molecule has 0 atom stereocenters. The summed E-state index contributed by atoms with van der Waals surface area (Å²) in [5.74, 6) is -0.676. The Bertz CT molecular complexity index is 695. The highest BCUT2D eigenvalue weighted by Crippen LogP contribution is 2.43. The number of carboxylic acid groups (broad SMARTS) is 1. The van der Waals surface area contributed by atoms with Gasteiger partial charge in [0.05, 0.1) is 0 Å². The molecule has 0 aliphatic carbocycles. The normalized spacial score (nSPS) is 12.5. The van der Waals surface area contributed by atoms with Crippen LogP contribution >= 0.6 is 0 Å². The van der Waals surface area contributed by atoms with Gasteiger partial charge in [0.2, 0.25) is 5.78 Å². The monoisotopic (exact) mass is 366 g/mol. The summed E-state index contributed by atoms with van der Waals surface area (Å²) in [6.07, 6.45) is 2.43. The van der Waals surface area contributed by atoms with Crippen LogP contribution in [0, 0.1) is 0 Å². The van der Waals surface area contributed by atoms with Crippen LogP contribution in [-0.4, -0.2) is 43.3 Å². The topological polar surface area (TPSA) is 108 Å². The zero-order chi connectivity index (χ0) is 19.1. The van der Waals surface area contributed by atoms with E-state index in [4.69, 9.17) is 24.1 Å². The van der Waals surface area contributed by atoms with E-state index in [0.29, 0.717) is 48.3 Å². The number of hydrogen-bond acceptors (Lipinski definition) is 7. The first-order valence-electron chi connectivity index (χ1n) is 8.31. The number of carboxylic acids is 1. The second kappa shape index (κ2) is 9.19. The lowest BCUT2D eigenvalue weighted by molar-refractivity contribution is -0.137. The molecule has 0 aromatic heterocycles. The maximum absolute atomic E-state index is 12.2. The van der Waals surface area contributed by atoms with Gasteiger partial charge in [-0.3, -0.25) is 14.4 Å². The van der Waals surface area contributed by atoms with Crippen molar-refractivity contribution in [2.24, 2.45) is 0 Å². The second-order valence-corrected chi connectivity index (χ2v) is 5.87. The third-order valence-corrected chi connectivity index (χ3v) is 3.84. The van der Waals surface area contributed by atoms with Crippen molar-refractivity contribution in [1.82, 2.24) is 0 Å². The summed E-state index contributed by atoms with van der Waals surface area (Å²) in [6, 6.07) is 1.52. The van der Waals surface area contributed by atoms with Gasteiger partial charge in [-0.05, 0) is 19.3 Å². The summed E-state index contributed by atoms with van der Waals surface area (Å²) in [4.78, 5) is 34.2. The molecule has 1 N–H and O–H groups in total. The number of rotatable bonds is 10. The van der Waals surface area contributed by atoms with Gasteiger partial charge in [-0.25, -0.2) is 0 Å². The smallest absolute Gasteiger partial charge is 0.308 e. The van der Waals surface area contributed by atoms with Gasteiger partial charge in [0.1, 0.15) is 22.8 Å². The zero-order valence-electron chi connectivity index (χ0n) is 14.8. The van der Waals surface area contributed by atoms with Crippen molar-refractivity contribution >= 4 is 17.7 Å². The molecule has 0 fully saturated rings. The molecule has 8 heteroatoms. The van der Waals surface area contributed by atoms with Gasteiger partial charge >= 0.3 is 11.9 Å². The third kappa shape index (κ3) is 4.95. The second-order valence-electron chi connectivity index (χ2n) is 5.87. The number of unbranched alkanes of at least 4 members (excludes halogenated alkanes) is 2.